The molecule has 0 saturated heterocycles. The number of hydrogen-bond donors (Lipinski definition) is 3. The molecular formula is C31H37N7O3. The summed E-state index contributed by atoms with van der Waals surface area (Å²) in [7, 11) is 0. The Labute approximate surface area is 240 Å². The third-order valence-corrected chi connectivity index (χ3v) is 7.29. The third-order valence-electron chi connectivity index (χ3n) is 7.29. The Morgan fingerprint density at radius 1 is 1.02 bits per heavy atom. The van der Waals surface area contributed by atoms with Crippen molar-refractivity contribution in [1.82, 2.24) is 24.8 Å². The van der Waals surface area contributed by atoms with E-state index in [9.17, 15) is 9.90 Å². The number of fused-ring (bicyclic) bond motifs is 2. The van der Waals surface area contributed by atoms with Crippen LogP contribution < -0.4 is 15.4 Å². The van der Waals surface area contributed by atoms with Crippen LogP contribution in [0.2, 0.25) is 0 Å². The van der Waals surface area contributed by atoms with Crippen LogP contribution in [0.25, 0.3) is 10.9 Å². The molecule has 1 atom stereocenters. The van der Waals surface area contributed by atoms with Gasteiger partial charge in [-0.3, -0.25) is 4.90 Å². The molecule has 3 aromatic heterocycles. The van der Waals surface area contributed by atoms with Crippen LogP contribution in [0.3, 0.4) is 0 Å². The molecule has 0 aliphatic carbocycles. The summed E-state index contributed by atoms with van der Waals surface area (Å²) in [5, 5.41) is 17.3. The Morgan fingerprint density at radius 3 is 2.80 bits per heavy atom. The van der Waals surface area contributed by atoms with Gasteiger partial charge in [-0.1, -0.05) is 24.3 Å². The number of carbonyl (C=O) groups is 1. The van der Waals surface area contributed by atoms with E-state index in [4.69, 9.17) is 9.72 Å². The molecule has 5 rings (SSSR count). The Kier molecular flexibility index (Phi) is 9.89. The SMILES string of the molecule is O=C(O)[C@H](CCN(CCCCc1ccc2c(n1)NCCC2)CCOc1ccccn1)Nc1ncnc2ccccc12. The number of unbranched alkanes of at least 4 members (excludes halogenated alkanes) is 1. The van der Waals surface area contributed by atoms with Gasteiger partial charge in [-0.2, -0.15) is 0 Å². The molecule has 3 N–H and O–H groups in total. The summed E-state index contributed by atoms with van der Waals surface area (Å²) >= 11 is 0. The fraction of sp³-hybridized carbons (Fsp3) is 0.387. The molecule has 4 heterocycles. The number of carboxylic acids is 1. The number of anilines is 2. The quantitative estimate of drug-likeness (QED) is 0.181. The average Bonchev–Trinajstić information content (AvgIpc) is 3.01. The Balaban J connectivity index is 1.17. The first-order valence-corrected chi connectivity index (χ1v) is 14.3. The van der Waals surface area contributed by atoms with Crippen LogP contribution >= 0.6 is 0 Å². The Hall–Kier alpha value is -4.31. The van der Waals surface area contributed by atoms with E-state index in [1.54, 1.807) is 6.20 Å². The van der Waals surface area contributed by atoms with Crippen LogP contribution in [-0.4, -0.2) is 74.7 Å². The number of aliphatic carboxylic acids is 1. The molecule has 41 heavy (non-hydrogen) atoms. The lowest BCUT2D eigenvalue weighted by atomic mass is 10.1. The monoisotopic (exact) mass is 555 g/mol. The maximum Gasteiger partial charge on any atom is 0.326 e. The average molecular weight is 556 g/mol. The minimum absolute atomic E-state index is 0.412. The normalized spacial score (nSPS) is 13.4. The lowest BCUT2D eigenvalue weighted by molar-refractivity contribution is -0.138. The third kappa shape index (κ3) is 8.11. The smallest absolute Gasteiger partial charge is 0.326 e. The summed E-state index contributed by atoms with van der Waals surface area (Å²) in [5.74, 6) is 1.23. The van der Waals surface area contributed by atoms with Crippen molar-refractivity contribution < 1.29 is 14.6 Å². The van der Waals surface area contributed by atoms with Crippen molar-refractivity contribution in [3.63, 3.8) is 0 Å². The summed E-state index contributed by atoms with van der Waals surface area (Å²) in [5.41, 5.74) is 3.18. The molecule has 0 spiro atoms. The minimum atomic E-state index is -0.913. The Morgan fingerprint density at radius 2 is 1.93 bits per heavy atom. The highest BCUT2D eigenvalue weighted by atomic mass is 16.5. The summed E-state index contributed by atoms with van der Waals surface area (Å²) in [6.07, 6.45) is 8.69. The predicted octanol–water partition coefficient (Wildman–Crippen LogP) is 4.44. The number of aromatic nitrogens is 4. The van der Waals surface area contributed by atoms with E-state index in [1.165, 1.54) is 11.9 Å². The van der Waals surface area contributed by atoms with Gasteiger partial charge in [0, 0.05) is 43.0 Å². The lowest BCUT2D eigenvalue weighted by Crippen LogP contribution is -2.37. The number of rotatable bonds is 15. The molecule has 10 heteroatoms. The number of benzene rings is 1. The van der Waals surface area contributed by atoms with Gasteiger partial charge in [0.1, 0.15) is 30.6 Å². The van der Waals surface area contributed by atoms with Crippen molar-refractivity contribution >= 4 is 28.5 Å². The predicted molar refractivity (Wildman–Crippen MR) is 159 cm³/mol. The molecule has 10 nitrogen and oxygen atoms in total. The molecule has 214 valence electrons. The van der Waals surface area contributed by atoms with Gasteiger partial charge < -0.3 is 20.5 Å². The van der Waals surface area contributed by atoms with Crippen LogP contribution in [0.5, 0.6) is 5.88 Å². The van der Waals surface area contributed by atoms with Gasteiger partial charge in [-0.25, -0.2) is 24.7 Å². The van der Waals surface area contributed by atoms with E-state index < -0.39 is 12.0 Å². The highest BCUT2D eigenvalue weighted by Gasteiger charge is 2.20. The standard InChI is InChI=1S/C31H37N7O3/c39-31(40)27(37-30-25-10-1-2-11-26(25)34-22-35-30)15-19-38(20-21-41-28-12-3-5-16-32-28)18-6-4-9-24-14-13-23-8-7-17-33-29(23)36-24/h1-3,5,10-14,16,22,27H,4,6-9,15,17-21H2,(H,33,36)(H,39,40)(H,34,35,37)/t27-/m0/s1. The molecule has 0 fully saturated rings. The first-order valence-electron chi connectivity index (χ1n) is 14.3. The number of nitrogens with one attached hydrogen (secondary N) is 2. The van der Waals surface area contributed by atoms with E-state index in [-0.39, 0.29) is 0 Å². The molecule has 0 unspecified atom stereocenters. The van der Waals surface area contributed by atoms with Gasteiger partial charge in [0.05, 0.1) is 5.52 Å². The van der Waals surface area contributed by atoms with Gasteiger partial charge in [0.15, 0.2) is 0 Å². The zero-order valence-electron chi connectivity index (χ0n) is 23.2. The molecule has 0 saturated carbocycles. The second-order valence-electron chi connectivity index (χ2n) is 10.2. The van der Waals surface area contributed by atoms with Crippen molar-refractivity contribution in [3.05, 3.63) is 78.4 Å². The highest BCUT2D eigenvalue weighted by molar-refractivity contribution is 5.90. The Bertz CT molecular complexity index is 1410. The van der Waals surface area contributed by atoms with Gasteiger partial charge in [-0.15, -0.1) is 0 Å². The van der Waals surface area contributed by atoms with Crippen LogP contribution in [0.15, 0.2) is 67.1 Å². The number of ether oxygens (including phenoxy) is 1. The molecule has 1 aromatic carbocycles. The van der Waals surface area contributed by atoms with Gasteiger partial charge in [0.2, 0.25) is 5.88 Å². The molecule has 0 radical (unpaired) electrons. The summed E-state index contributed by atoms with van der Waals surface area (Å²) in [6.45, 7) is 3.55. The molecular weight excluding hydrogens is 518 g/mol. The van der Waals surface area contributed by atoms with Crippen molar-refractivity contribution in [2.45, 2.75) is 44.6 Å². The topological polar surface area (TPSA) is 125 Å². The van der Waals surface area contributed by atoms with Crippen molar-refractivity contribution in [3.8, 4) is 5.88 Å². The van der Waals surface area contributed by atoms with Crippen molar-refractivity contribution in [2.24, 2.45) is 0 Å². The van der Waals surface area contributed by atoms with E-state index >= 15 is 0 Å². The highest BCUT2D eigenvalue weighted by Crippen LogP contribution is 2.21. The maximum atomic E-state index is 12.2. The number of nitrogens with zero attached hydrogens (tertiary/aromatic N) is 5. The number of aryl methyl sites for hydroxylation is 2. The molecule has 1 aliphatic heterocycles. The van der Waals surface area contributed by atoms with E-state index in [0.717, 1.165) is 67.6 Å². The number of para-hydroxylation sites is 1. The van der Waals surface area contributed by atoms with Crippen LogP contribution in [0.1, 0.15) is 36.9 Å². The second kappa shape index (κ2) is 14.4. The summed E-state index contributed by atoms with van der Waals surface area (Å²) < 4.78 is 5.84. The van der Waals surface area contributed by atoms with Crippen molar-refractivity contribution in [1.29, 1.82) is 0 Å². The van der Waals surface area contributed by atoms with Crippen LogP contribution in [0.4, 0.5) is 11.6 Å². The molecule has 0 bridgehead atoms. The lowest BCUT2D eigenvalue weighted by Gasteiger charge is -2.25. The summed E-state index contributed by atoms with van der Waals surface area (Å²) in [4.78, 5) is 32.1. The number of pyridine rings is 2. The second-order valence-corrected chi connectivity index (χ2v) is 10.2. The number of carboxylic acid groups (broad SMARTS) is 1. The van der Waals surface area contributed by atoms with E-state index in [0.29, 0.717) is 37.8 Å². The minimum Gasteiger partial charge on any atom is -0.480 e. The first-order chi connectivity index (χ1) is 20.2. The largest absolute Gasteiger partial charge is 0.480 e. The number of hydrogen-bond acceptors (Lipinski definition) is 9. The van der Waals surface area contributed by atoms with E-state index in [1.807, 2.05) is 42.5 Å². The fourth-order valence-electron chi connectivity index (χ4n) is 5.05. The molecule has 0 amide bonds. The molecule has 4 aromatic rings. The van der Waals surface area contributed by atoms with Crippen molar-refractivity contribution in [2.75, 3.05) is 43.4 Å². The first kappa shape index (κ1) is 28.2. The summed E-state index contributed by atoms with van der Waals surface area (Å²) in [6, 6.07) is 16.7. The van der Waals surface area contributed by atoms with Crippen LogP contribution in [0, 0.1) is 0 Å². The van der Waals surface area contributed by atoms with Gasteiger partial charge in [-0.05, 0) is 74.9 Å². The molecule has 1 aliphatic rings. The van der Waals surface area contributed by atoms with Gasteiger partial charge >= 0.3 is 5.97 Å². The van der Waals surface area contributed by atoms with Gasteiger partial charge in [0.25, 0.3) is 0 Å². The zero-order valence-corrected chi connectivity index (χ0v) is 23.2. The van der Waals surface area contributed by atoms with E-state index in [2.05, 4.69) is 42.6 Å². The van der Waals surface area contributed by atoms with Crippen LogP contribution in [-0.2, 0) is 17.6 Å². The fourth-order valence-corrected chi connectivity index (χ4v) is 5.05. The maximum absolute atomic E-state index is 12.2. The zero-order chi connectivity index (χ0) is 28.3.